The molecule has 23 nitrogen and oxygen atoms in total. The summed E-state index contributed by atoms with van der Waals surface area (Å²) in [6, 6.07) is 20.2. The molecule has 0 saturated carbocycles. The second kappa shape index (κ2) is 30.5. The number of para-hydroxylation sites is 1. The van der Waals surface area contributed by atoms with Crippen LogP contribution in [0.4, 0.5) is 9.59 Å². The van der Waals surface area contributed by atoms with Crippen LogP contribution in [-0.4, -0.2) is 159 Å². The lowest BCUT2D eigenvalue weighted by Gasteiger charge is -2.31. The number of H-pyrrole nitrogens is 1. The highest BCUT2D eigenvalue weighted by Gasteiger charge is 2.39. The molecule has 1 aliphatic rings. The van der Waals surface area contributed by atoms with Gasteiger partial charge in [-0.1, -0.05) is 119 Å². The number of aromatic amines is 1. The maximum Gasteiger partial charge on any atom is 0.338 e. The van der Waals surface area contributed by atoms with Crippen molar-refractivity contribution in [3.8, 4) is 0 Å². The zero-order chi connectivity index (χ0) is 57.7. The van der Waals surface area contributed by atoms with E-state index in [2.05, 4.69) is 42.2 Å². The minimum absolute atomic E-state index is 0.0164. The largest absolute Gasteiger partial charge is 0.391 e. The number of carbonyl (C=O) groups excluding carboxylic acids is 9. The van der Waals surface area contributed by atoms with E-state index >= 15 is 0 Å². The molecule has 8 atom stereocenters. The molecule has 1 unspecified atom stereocenters. The summed E-state index contributed by atoms with van der Waals surface area (Å²) in [6.45, 7) is 1.60. The maximum atomic E-state index is 14.9. The Kier molecular flexibility index (Phi) is 23.4. The number of aromatic nitrogens is 1. The van der Waals surface area contributed by atoms with Crippen LogP contribution in [0.15, 0.2) is 121 Å². The highest BCUT2D eigenvalue weighted by molar-refractivity contribution is 8.76. The molecule has 1 saturated heterocycles. The fourth-order valence-corrected chi connectivity index (χ4v) is 10.5. The van der Waals surface area contributed by atoms with Gasteiger partial charge in [-0.2, -0.15) is 4.90 Å². The number of carbonyl (C=O) groups is 9. The number of urea groups is 2. The summed E-state index contributed by atoms with van der Waals surface area (Å²) in [6.07, 6.45) is -1.73. The number of imide groups is 3. The molecule has 426 valence electrons. The molecular formula is C55H68N12O11S2. The van der Waals surface area contributed by atoms with Gasteiger partial charge in [-0.15, -0.1) is 0 Å². The van der Waals surface area contributed by atoms with Gasteiger partial charge in [-0.25, -0.2) is 9.59 Å². The van der Waals surface area contributed by atoms with Crippen LogP contribution in [0.2, 0.25) is 0 Å². The van der Waals surface area contributed by atoms with Crippen LogP contribution in [0.5, 0.6) is 0 Å². The minimum atomic E-state index is -2.14. The summed E-state index contributed by atoms with van der Waals surface area (Å²) in [7, 11) is 3.42. The Balaban J connectivity index is 1.40. The fraction of sp³-hybridized carbons (Fsp3) is 0.364. The van der Waals surface area contributed by atoms with Gasteiger partial charge in [-0.05, 0) is 67.6 Å². The molecule has 0 aliphatic carbocycles. The Labute approximate surface area is 470 Å². The number of benzene rings is 4. The molecule has 11 amide bonds. The standard InChI is InChI=1S/C55H68N12O11S2/c1-33(68)45-51(74)62-42(28-34-16-6-3-7-17-34)47(70)58-26-27-79-80-32-39(57)46(69)65-53(76)66(2)55(78)67(52(75)36-20-10-5-11-21-36)54(77)63-43(29-35-18-8-4-9-19-35)49(72)61-44(30-37-31-59-40-23-13-12-22-38(37)40)50(73)60-41(48(71)64-45)24-14-15-25-56/h3-13,16-23,31,33,39,41-45,53,59,68,76H,14-15,24-30,32,56-57H2,1-2H3,(H,58,70)(H,60,73)(H,61,72)(H,62,74)(H,63,77)(H,64,71)(H,65,69)/t33-,39+,41-,42-,43-,44+,45+,53?/m1/s1. The van der Waals surface area contributed by atoms with Crippen LogP contribution >= 0.6 is 21.6 Å². The van der Waals surface area contributed by atoms with Crippen LogP contribution in [0.25, 0.3) is 10.9 Å². The summed E-state index contributed by atoms with van der Waals surface area (Å²) in [5.41, 5.74) is 14.3. The number of nitrogens with one attached hydrogen (secondary N) is 8. The Bertz CT molecular complexity index is 2920. The van der Waals surface area contributed by atoms with E-state index in [0.29, 0.717) is 51.1 Å². The molecule has 0 radical (unpaired) electrons. The summed E-state index contributed by atoms with van der Waals surface area (Å²) in [4.78, 5) is 132. The zero-order valence-corrected chi connectivity index (χ0v) is 45.8. The van der Waals surface area contributed by atoms with Gasteiger partial charge in [0.05, 0.1) is 12.1 Å². The van der Waals surface area contributed by atoms with E-state index in [0.717, 1.165) is 17.8 Å². The van der Waals surface area contributed by atoms with E-state index in [9.17, 15) is 53.4 Å². The van der Waals surface area contributed by atoms with Gasteiger partial charge in [-0.3, -0.25) is 38.5 Å². The van der Waals surface area contributed by atoms with Crippen LogP contribution in [0.3, 0.4) is 0 Å². The summed E-state index contributed by atoms with van der Waals surface area (Å²) in [5, 5.41) is 41.1. The lowest BCUT2D eigenvalue weighted by molar-refractivity contribution is -0.136. The molecule has 80 heavy (non-hydrogen) atoms. The van der Waals surface area contributed by atoms with Crippen molar-refractivity contribution < 1.29 is 53.4 Å². The molecular weight excluding hydrogens is 1070 g/mol. The predicted octanol–water partition coefficient (Wildman–Crippen LogP) is 1.15. The quantitative estimate of drug-likeness (QED) is 0.0616. The zero-order valence-electron chi connectivity index (χ0n) is 44.2. The first-order valence-electron chi connectivity index (χ1n) is 25.9. The number of nitrogens with two attached hydrogens (primary N) is 2. The van der Waals surface area contributed by atoms with E-state index in [1.807, 2.05) is 0 Å². The average Bonchev–Trinajstić information content (AvgIpc) is 3.91. The Morgan fingerprint density at radius 2 is 1.20 bits per heavy atom. The first kappa shape index (κ1) is 61.4. The second-order valence-electron chi connectivity index (χ2n) is 18.9. The maximum absolute atomic E-state index is 14.9. The van der Waals surface area contributed by atoms with E-state index in [1.54, 1.807) is 97.2 Å². The number of amides is 11. The monoisotopic (exact) mass is 1140 g/mol. The fourth-order valence-electron chi connectivity index (χ4n) is 8.45. The third-order valence-corrected chi connectivity index (χ3v) is 15.3. The lowest BCUT2D eigenvalue weighted by atomic mass is 10.0. The van der Waals surface area contributed by atoms with Crippen molar-refractivity contribution in [1.29, 1.82) is 0 Å². The molecule has 5 aromatic rings. The Morgan fingerprint density at radius 3 is 1.82 bits per heavy atom. The third kappa shape index (κ3) is 17.6. The van der Waals surface area contributed by atoms with Crippen LogP contribution < -0.4 is 48.7 Å². The first-order chi connectivity index (χ1) is 38.4. The lowest BCUT2D eigenvalue weighted by Crippen LogP contribution is -2.62. The van der Waals surface area contributed by atoms with Gasteiger partial charge in [0.25, 0.3) is 5.91 Å². The molecule has 1 aliphatic heterocycles. The highest BCUT2D eigenvalue weighted by atomic mass is 33.1. The van der Waals surface area contributed by atoms with Gasteiger partial charge in [0.2, 0.25) is 41.8 Å². The van der Waals surface area contributed by atoms with E-state index < -0.39 is 102 Å². The smallest absolute Gasteiger partial charge is 0.338 e. The Hall–Kier alpha value is -7.81. The second-order valence-corrected chi connectivity index (χ2v) is 21.6. The molecule has 0 spiro atoms. The van der Waals surface area contributed by atoms with Crippen molar-refractivity contribution in [1.82, 2.24) is 52.0 Å². The van der Waals surface area contributed by atoms with E-state index in [-0.39, 0.29) is 55.0 Å². The van der Waals surface area contributed by atoms with Gasteiger partial charge >= 0.3 is 12.1 Å². The van der Waals surface area contributed by atoms with Crippen LogP contribution in [0, 0.1) is 0 Å². The summed E-state index contributed by atoms with van der Waals surface area (Å²) >= 11 is 0. The SMILES string of the molecule is C[C@@H](O)[C@@H]1NC(=O)[C@@H](CCCCN)NC(=O)[C@H](Cc2c[nH]c3ccccc23)NC(=O)[C@@H](Cc2ccccc2)NC(=O)N(C(=O)c2ccccc2)C(=O)N(C)C(O)NC(=O)[C@@H](N)CSSCCNC(=O)[C@@H](Cc2ccccc2)NC1=O. The van der Waals surface area contributed by atoms with Crippen LogP contribution in [-0.2, 0) is 48.0 Å². The normalized spacial score (nSPS) is 22.7. The highest BCUT2D eigenvalue weighted by Crippen LogP contribution is 2.22. The first-order valence-corrected chi connectivity index (χ1v) is 28.4. The molecule has 14 N–H and O–H groups in total. The van der Waals surface area contributed by atoms with E-state index in [4.69, 9.17) is 11.5 Å². The predicted molar refractivity (Wildman–Crippen MR) is 303 cm³/mol. The number of fused-ring (bicyclic) bond motifs is 1. The number of hydrogen-bond donors (Lipinski definition) is 12. The van der Waals surface area contributed by atoms with Crippen molar-refractivity contribution in [2.75, 3.05) is 31.6 Å². The van der Waals surface area contributed by atoms with Crippen molar-refractivity contribution in [2.24, 2.45) is 11.5 Å². The summed E-state index contributed by atoms with van der Waals surface area (Å²) in [5.74, 6) is -6.04. The van der Waals surface area contributed by atoms with Crippen molar-refractivity contribution in [3.63, 3.8) is 0 Å². The van der Waals surface area contributed by atoms with E-state index in [1.165, 1.54) is 42.0 Å². The van der Waals surface area contributed by atoms with Crippen molar-refractivity contribution in [2.45, 2.75) is 94.2 Å². The number of hydrogen-bond acceptors (Lipinski definition) is 15. The van der Waals surface area contributed by atoms with Crippen molar-refractivity contribution >= 4 is 85.9 Å². The molecule has 4 aromatic carbocycles. The topological polar surface area (TPSA) is 353 Å². The number of aliphatic hydroxyl groups is 2. The number of nitrogens with zero attached hydrogens (tertiary/aromatic N) is 2. The van der Waals surface area contributed by atoms with Crippen molar-refractivity contribution in [3.05, 3.63) is 144 Å². The van der Waals surface area contributed by atoms with Gasteiger partial charge in [0.1, 0.15) is 30.2 Å². The van der Waals surface area contributed by atoms with Gasteiger partial charge in [0.15, 0.2) is 0 Å². The number of rotatable bonds is 12. The molecule has 0 bridgehead atoms. The number of unbranched alkanes of at least 4 members (excludes halogenated alkanes) is 1. The van der Waals surface area contributed by atoms with Crippen LogP contribution in [0.1, 0.15) is 53.2 Å². The van der Waals surface area contributed by atoms with Gasteiger partial charge in [0, 0.05) is 67.0 Å². The minimum Gasteiger partial charge on any atom is -0.391 e. The molecule has 25 heteroatoms. The molecule has 1 aromatic heterocycles. The van der Waals surface area contributed by atoms with Gasteiger partial charge < -0.3 is 63.9 Å². The molecule has 2 heterocycles. The Morgan fingerprint density at radius 1 is 0.650 bits per heavy atom. The third-order valence-electron chi connectivity index (χ3n) is 12.9. The number of aliphatic hydroxyl groups excluding tert-OH is 2. The molecule has 1 fully saturated rings. The average molecular weight is 1140 g/mol. The molecule has 6 rings (SSSR count). The summed E-state index contributed by atoms with van der Waals surface area (Å²) < 4.78 is 0.